The molecule has 1 heterocycles. The fourth-order valence-electron chi connectivity index (χ4n) is 2.02. The second kappa shape index (κ2) is 7.37. The molecule has 1 rings (SSSR count). The minimum absolute atomic E-state index is 0.253. The molecule has 0 aromatic rings. The summed E-state index contributed by atoms with van der Waals surface area (Å²) in [6, 6.07) is -1.64. The van der Waals surface area contributed by atoms with E-state index in [1.807, 2.05) is 0 Å². The number of carboxylic acids is 1. The Hall–Kier alpha value is -1.67. The van der Waals surface area contributed by atoms with Crippen LogP contribution in [-0.2, 0) is 14.4 Å². The van der Waals surface area contributed by atoms with Crippen molar-refractivity contribution in [2.75, 3.05) is 6.54 Å². The third kappa shape index (κ3) is 4.68. The lowest BCUT2D eigenvalue weighted by atomic mass is 10.1. The molecule has 0 spiro atoms. The molecule has 1 aliphatic heterocycles. The van der Waals surface area contributed by atoms with Crippen LogP contribution in [0.5, 0.6) is 0 Å². The molecule has 1 aliphatic rings. The number of carbonyl (C=O) groups excluding carboxylic acids is 2. The number of hydrogen-bond donors (Lipinski definition) is 4. The first-order chi connectivity index (χ1) is 9.73. The van der Waals surface area contributed by atoms with Crippen LogP contribution in [0.1, 0.15) is 33.6 Å². The van der Waals surface area contributed by atoms with Crippen molar-refractivity contribution in [3.8, 4) is 0 Å². The van der Waals surface area contributed by atoms with E-state index in [1.54, 1.807) is 13.8 Å². The van der Waals surface area contributed by atoms with Crippen LogP contribution in [0.15, 0.2) is 0 Å². The highest BCUT2D eigenvalue weighted by atomic mass is 16.4. The molecule has 3 atom stereocenters. The summed E-state index contributed by atoms with van der Waals surface area (Å²) in [5, 5.41) is 22.2. The zero-order chi connectivity index (χ0) is 16.2. The second-order valence-corrected chi connectivity index (χ2v) is 5.57. The first kappa shape index (κ1) is 17.4. The highest BCUT2D eigenvalue weighted by Gasteiger charge is 2.31. The number of carbonyl (C=O) groups is 3. The molecule has 0 aromatic carbocycles. The molecule has 0 saturated carbocycles. The molecule has 0 aromatic heterocycles. The first-order valence-corrected chi connectivity index (χ1v) is 7.02. The molecule has 120 valence electrons. The summed E-state index contributed by atoms with van der Waals surface area (Å²) >= 11 is 0. The SMILES string of the molecule is CC(C)C(O)C(=O)N[C@@H](C)C(=O)N1CCCC(C(=O)O)N1. The largest absolute Gasteiger partial charge is 0.480 e. The maximum atomic E-state index is 12.2. The predicted octanol–water partition coefficient (Wildman–Crippen LogP) is -0.912. The number of aliphatic carboxylic acids is 1. The van der Waals surface area contributed by atoms with E-state index in [4.69, 9.17) is 5.11 Å². The third-order valence-electron chi connectivity index (χ3n) is 3.38. The van der Waals surface area contributed by atoms with Crippen molar-refractivity contribution in [3.63, 3.8) is 0 Å². The lowest BCUT2D eigenvalue weighted by Gasteiger charge is -2.33. The van der Waals surface area contributed by atoms with Crippen molar-refractivity contribution in [2.45, 2.75) is 51.8 Å². The van der Waals surface area contributed by atoms with Crippen LogP contribution in [0, 0.1) is 5.92 Å². The van der Waals surface area contributed by atoms with Gasteiger partial charge < -0.3 is 15.5 Å². The van der Waals surface area contributed by atoms with E-state index in [9.17, 15) is 19.5 Å². The van der Waals surface area contributed by atoms with E-state index in [0.717, 1.165) is 0 Å². The molecule has 0 aliphatic carbocycles. The fourth-order valence-corrected chi connectivity index (χ4v) is 2.02. The standard InChI is InChI=1S/C13H23N3O5/c1-7(2)10(17)11(18)14-8(3)12(19)16-6-4-5-9(15-16)13(20)21/h7-10,15,17H,4-6H2,1-3H3,(H,14,18)(H,20,21)/t8-,9?,10?/m0/s1. The predicted molar refractivity (Wildman–Crippen MR) is 74.0 cm³/mol. The van der Waals surface area contributed by atoms with Gasteiger partial charge in [0.1, 0.15) is 18.2 Å². The normalized spacial score (nSPS) is 21.8. The van der Waals surface area contributed by atoms with Crippen molar-refractivity contribution < 1.29 is 24.6 Å². The summed E-state index contributed by atoms with van der Waals surface area (Å²) in [5.41, 5.74) is 2.63. The summed E-state index contributed by atoms with van der Waals surface area (Å²) in [5.74, 6) is -2.31. The van der Waals surface area contributed by atoms with Gasteiger partial charge in [0, 0.05) is 6.54 Å². The van der Waals surface area contributed by atoms with Crippen molar-refractivity contribution in [1.29, 1.82) is 0 Å². The smallest absolute Gasteiger partial charge is 0.322 e. The monoisotopic (exact) mass is 301 g/mol. The van der Waals surface area contributed by atoms with Crippen molar-refractivity contribution in [2.24, 2.45) is 5.92 Å². The van der Waals surface area contributed by atoms with Crippen LogP contribution in [0.2, 0.25) is 0 Å². The molecule has 4 N–H and O–H groups in total. The first-order valence-electron chi connectivity index (χ1n) is 7.02. The van der Waals surface area contributed by atoms with Crippen LogP contribution >= 0.6 is 0 Å². The summed E-state index contributed by atoms with van der Waals surface area (Å²) in [4.78, 5) is 34.8. The Balaban J connectivity index is 2.57. The molecule has 1 fully saturated rings. The molecule has 2 amide bonds. The Morgan fingerprint density at radius 3 is 2.43 bits per heavy atom. The third-order valence-corrected chi connectivity index (χ3v) is 3.38. The molecule has 0 bridgehead atoms. The minimum atomic E-state index is -1.18. The lowest BCUT2D eigenvalue weighted by Crippen LogP contribution is -2.59. The van der Waals surface area contributed by atoms with Crippen LogP contribution < -0.4 is 10.7 Å². The van der Waals surface area contributed by atoms with E-state index in [-0.39, 0.29) is 5.92 Å². The van der Waals surface area contributed by atoms with E-state index in [2.05, 4.69) is 10.7 Å². The Labute approximate surface area is 123 Å². The van der Waals surface area contributed by atoms with Crippen molar-refractivity contribution in [3.05, 3.63) is 0 Å². The number of amides is 2. The average molecular weight is 301 g/mol. The molecule has 8 nitrogen and oxygen atoms in total. The summed E-state index contributed by atoms with van der Waals surface area (Å²) in [6.07, 6.45) is -0.155. The average Bonchev–Trinajstić information content (AvgIpc) is 2.45. The number of nitrogens with zero attached hydrogens (tertiary/aromatic N) is 1. The quantitative estimate of drug-likeness (QED) is 0.522. The summed E-state index contributed by atoms with van der Waals surface area (Å²) < 4.78 is 0. The molecule has 2 unspecified atom stereocenters. The Morgan fingerprint density at radius 1 is 1.29 bits per heavy atom. The zero-order valence-electron chi connectivity index (χ0n) is 12.5. The van der Waals surface area contributed by atoms with Gasteiger partial charge in [-0.2, -0.15) is 0 Å². The summed E-state index contributed by atoms with van der Waals surface area (Å²) in [6.45, 7) is 5.27. The van der Waals surface area contributed by atoms with Gasteiger partial charge in [-0.25, -0.2) is 5.43 Å². The number of aliphatic hydroxyl groups excluding tert-OH is 1. The van der Waals surface area contributed by atoms with Crippen LogP contribution in [0.25, 0.3) is 0 Å². The highest BCUT2D eigenvalue weighted by molar-refractivity contribution is 5.89. The number of rotatable bonds is 5. The van der Waals surface area contributed by atoms with E-state index < -0.39 is 36.0 Å². The molecular weight excluding hydrogens is 278 g/mol. The number of aliphatic hydroxyl groups is 1. The molecule has 0 radical (unpaired) electrons. The maximum Gasteiger partial charge on any atom is 0.322 e. The maximum absolute atomic E-state index is 12.2. The second-order valence-electron chi connectivity index (χ2n) is 5.57. The van der Waals surface area contributed by atoms with Gasteiger partial charge in [-0.3, -0.25) is 19.4 Å². The van der Waals surface area contributed by atoms with Gasteiger partial charge in [-0.15, -0.1) is 0 Å². The van der Waals surface area contributed by atoms with Gasteiger partial charge in [0.2, 0.25) is 5.91 Å². The van der Waals surface area contributed by atoms with Crippen LogP contribution in [-0.4, -0.2) is 57.7 Å². The van der Waals surface area contributed by atoms with Gasteiger partial charge in [-0.1, -0.05) is 13.8 Å². The number of nitrogens with one attached hydrogen (secondary N) is 2. The fraction of sp³-hybridized carbons (Fsp3) is 0.769. The molecule has 8 heteroatoms. The number of hydrogen-bond acceptors (Lipinski definition) is 5. The van der Waals surface area contributed by atoms with Gasteiger partial charge in [0.25, 0.3) is 5.91 Å². The van der Waals surface area contributed by atoms with Crippen molar-refractivity contribution in [1.82, 2.24) is 15.8 Å². The number of hydrazine groups is 1. The van der Waals surface area contributed by atoms with Crippen LogP contribution in [0.3, 0.4) is 0 Å². The van der Waals surface area contributed by atoms with E-state index in [1.165, 1.54) is 11.9 Å². The Morgan fingerprint density at radius 2 is 1.90 bits per heavy atom. The Bertz CT molecular complexity index is 413. The van der Waals surface area contributed by atoms with E-state index >= 15 is 0 Å². The molecule has 21 heavy (non-hydrogen) atoms. The Kier molecular flexibility index (Phi) is 6.10. The molecule has 1 saturated heterocycles. The minimum Gasteiger partial charge on any atom is -0.480 e. The zero-order valence-corrected chi connectivity index (χ0v) is 12.5. The molecular formula is C13H23N3O5. The highest BCUT2D eigenvalue weighted by Crippen LogP contribution is 2.09. The van der Waals surface area contributed by atoms with Crippen LogP contribution in [0.4, 0.5) is 0 Å². The van der Waals surface area contributed by atoms with Gasteiger partial charge in [-0.05, 0) is 25.7 Å². The topological polar surface area (TPSA) is 119 Å². The van der Waals surface area contributed by atoms with Gasteiger partial charge >= 0.3 is 5.97 Å². The van der Waals surface area contributed by atoms with Gasteiger partial charge in [0.05, 0.1) is 0 Å². The van der Waals surface area contributed by atoms with E-state index in [0.29, 0.717) is 19.4 Å². The van der Waals surface area contributed by atoms with Crippen molar-refractivity contribution >= 4 is 17.8 Å². The lowest BCUT2D eigenvalue weighted by molar-refractivity contribution is -0.149. The summed E-state index contributed by atoms with van der Waals surface area (Å²) in [7, 11) is 0. The number of carboxylic acid groups (broad SMARTS) is 1. The van der Waals surface area contributed by atoms with Gasteiger partial charge in [0.15, 0.2) is 0 Å².